The minimum absolute atomic E-state index is 0.163. The third kappa shape index (κ3) is 8.63. The number of benzene rings is 5. The molecule has 0 aromatic heterocycles. The molecule has 0 saturated carbocycles. The summed E-state index contributed by atoms with van der Waals surface area (Å²) in [5, 5.41) is 2.15. The fourth-order valence-corrected chi connectivity index (χ4v) is 7.73. The van der Waals surface area contributed by atoms with Gasteiger partial charge < -0.3 is 0 Å². The van der Waals surface area contributed by atoms with Crippen molar-refractivity contribution in [3.8, 4) is 11.1 Å². The number of hydrogen-bond donors (Lipinski definition) is 0. The Kier molecular flexibility index (Phi) is 11.2. The number of rotatable bonds is 2. The van der Waals surface area contributed by atoms with E-state index in [0.717, 1.165) is 62.7 Å². The summed E-state index contributed by atoms with van der Waals surface area (Å²) >= 11 is 1.09. The van der Waals surface area contributed by atoms with Crippen molar-refractivity contribution in [3.05, 3.63) is 165 Å². The molecular weight excluding hydrogens is 701 g/mol. The Hall–Kier alpha value is -3.62. The molecule has 0 radical (unpaired) electrons. The summed E-state index contributed by atoms with van der Waals surface area (Å²) in [5.74, 6) is 0. The molecule has 2 aliphatic carbocycles. The second kappa shape index (κ2) is 14.9. The van der Waals surface area contributed by atoms with Crippen LogP contribution in [0.3, 0.4) is 0 Å². The third-order valence-corrected chi connectivity index (χ3v) is 10.6. The van der Waals surface area contributed by atoms with E-state index in [1.807, 2.05) is 54.6 Å². The first-order chi connectivity index (χ1) is 23.4. The number of halogens is 3. The molecule has 0 aliphatic heterocycles. The van der Waals surface area contributed by atoms with E-state index in [9.17, 15) is 13.2 Å². The number of fused-ring (bicyclic) bond motifs is 4. The maximum Gasteiger partial charge on any atom is -0.109 e. The Labute approximate surface area is 311 Å². The van der Waals surface area contributed by atoms with E-state index in [4.69, 9.17) is 0 Å². The maximum absolute atomic E-state index is 12.9. The molecule has 5 aromatic rings. The second-order valence-corrected chi connectivity index (χ2v) is 16.4. The summed E-state index contributed by atoms with van der Waals surface area (Å²) in [6, 6.07) is 30.3. The molecule has 2 aliphatic rings. The Balaban J connectivity index is 0.000000170. The smallest absolute Gasteiger partial charge is 0.109 e. The van der Waals surface area contributed by atoms with Gasteiger partial charge in [0.2, 0.25) is 0 Å². The third-order valence-electron chi connectivity index (χ3n) is 9.20. The fourth-order valence-electron chi connectivity index (χ4n) is 6.81. The summed E-state index contributed by atoms with van der Waals surface area (Å²) < 4.78 is 39.6. The minimum atomic E-state index is -4.31. The summed E-state index contributed by atoms with van der Waals surface area (Å²) in [5.41, 5.74) is 12.6. The van der Waals surface area contributed by atoms with E-state index in [1.54, 1.807) is 6.07 Å². The van der Waals surface area contributed by atoms with Crippen LogP contribution in [0, 0.1) is 26.0 Å². The molecule has 0 spiro atoms. The fraction of sp³-hybridized carbons (Fsp3) is 0.283. The molecule has 0 nitrogen and oxygen atoms in total. The molecule has 254 valence electrons. The van der Waals surface area contributed by atoms with Gasteiger partial charge in [0.05, 0.1) is 0 Å². The van der Waals surface area contributed by atoms with Crippen LogP contribution in [0.15, 0.2) is 103 Å². The molecule has 0 N–H and O–H groups in total. The van der Waals surface area contributed by atoms with E-state index < -0.39 is 11.7 Å². The molecular formula is C46H45F3Zr. The number of aryl methyl sites for hydroxylation is 2. The van der Waals surface area contributed by atoms with Gasteiger partial charge in [-0.1, -0.05) is 71.6 Å². The molecule has 0 heterocycles. The van der Waals surface area contributed by atoms with E-state index >= 15 is 0 Å². The molecule has 0 saturated heterocycles. The van der Waals surface area contributed by atoms with Crippen molar-refractivity contribution < 1.29 is 37.4 Å². The molecule has 0 bridgehead atoms. The first kappa shape index (κ1) is 37.6. The number of allylic oxidation sites excluding steroid dienone is 4. The minimum Gasteiger partial charge on any atom is -0.273 e. The van der Waals surface area contributed by atoms with Gasteiger partial charge >= 0.3 is 141 Å². The summed E-state index contributed by atoms with van der Waals surface area (Å²) in [6.07, 6.45) is 6.71. The van der Waals surface area contributed by atoms with Crippen LogP contribution >= 0.6 is 0 Å². The van der Waals surface area contributed by atoms with Gasteiger partial charge in [-0.3, -0.25) is 6.08 Å². The molecule has 7 rings (SSSR count). The molecule has 0 amide bonds. The van der Waals surface area contributed by atoms with Gasteiger partial charge in [0, 0.05) is 0 Å². The predicted molar refractivity (Wildman–Crippen MR) is 201 cm³/mol. The molecule has 5 aromatic carbocycles. The largest absolute Gasteiger partial charge is 0.273 e. The van der Waals surface area contributed by atoms with Crippen molar-refractivity contribution in [2.45, 2.75) is 85.2 Å². The quantitative estimate of drug-likeness (QED) is 0.155. The SMILES string of the molecule is Cc1[c-]c2c(cc1C(C)(C)C)-c1cc(C(C)(C)C)c(C)cc1C2.FC(F)(F)c1cccc([C](=[Zr+2])c2cccc3ccccc23)c1.[C-]1=CC=CC1. The van der Waals surface area contributed by atoms with Crippen molar-refractivity contribution in [1.82, 2.24) is 0 Å². The monoisotopic (exact) mass is 744 g/mol. The normalized spacial score (nSPS) is 13.3. The average Bonchev–Trinajstić information content (AvgIpc) is 3.74. The summed E-state index contributed by atoms with van der Waals surface area (Å²) in [4.78, 5) is 0. The zero-order valence-corrected chi connectivity index (χ0v) is 32.8. The van der Waals surface area contributed by atoms with Crippen molar-refractivity contribution in [1.29, 1.82) is 0 Å². The zero-order chi connectivity index (χ0) is 36.4. The first-order valence-electron chi connectivity index (χ1n) is 17.1. The van der Waals surface area contributed by atoms with Gasteiger partial charge in [-0.2, -0.15) is 23.8 Å². The van der Waals surface area contributed by atoms with Crippen LogP contribution in [0.4, 0.5) is 13.2 Å². The van der Waals surface area contributed by atoms with Gasteiger partial charge in [0.15, 0.2) is 0 Å². The molecule has 0 unspecified atom stereocenters. The van der Waals surface area contributed by atoms with Gasteiger partial charge in [0.25, 0.3) is 0 Å². The van der Waals surface area contributed by atoms with Crippen molar-refractivity contribution >= 4 is 14.0 Å². The van der Waals surface area contributed by atoms with Gasteiger partial charge in [0.1, 0.15) is 0 Å². The van der Waals surface area contributed by atoms with Crippen molar-refractivity contribution in [2.75, 3.05) is 0 Å². The average molecular weight is 746 g/mol. The summed E-state index contributed by atoms with van der Waals surface area (Å²) in [6.45, 7) is 18.2. The number of alkyl halides is 3. The predicted octanol–water partition coefficient (Wildman–Crippen LogP) is 12.5. The topological polar surface area (TPSA) is 0 Å². The molecule has 50 heavy (non-hydrogen) atoms. The summed E-state index contributed by atoms with van der Waals surface area (Å²) in [7, 11) is 0. The molecule has 0 fully saturated rings. The maximum atomic E-state index is 12.9. The van der Waals surface area contributed by atoms with Crippen LogP contribution in [0.2, 0.25) is 0 Å². The standard InChI is InChI=1S/C23H29.C18H11F3.C5H5.Zr/c1-14-9-16-11-17-10-15(2)21(23(6,7)8)13-19(17)18(16)12-20(14)22(3,4)5;19-18(20,21)16-9-3-5-13(12-16)11-15-8-4-7-14-6-1-2-10-17(14)15;1-2-4-5-3-1;/h9,12-13H,11H2,1-8H3;1-10,12H;1-3H,4H2;/q-1;;-1;+2. The zero-order valence-electron chi connectivity index (χ0n) is 30.4. The van der Waals surface area contributed by atoms with Crippen LogP contribution in [0.5, 0.6) is 0 Å². The van der Waals surface area contributed by atoms with Crippen LogP contribution < -0.4 is 0 Å². The van der Waals surface area contributed by atoms with Crippen LogP contribution in [0.25, 0.3) is 21.9 Å². The Morgan fingerprint density at radius 2 is 1.40 bits per heavy atom. The van der Waals surface area contributed by atoms with E-state index in [2.05, 4.69) is 91.8 Å². The first-order valence-corrected chi connectivity index (χ1v) is 18.3. The van der Waals surface area contributed by atoms with Crippen molar-refractivity contribution in [3.63, 3.8) is 0 Å². The van der Waals surface area contributed by atoms with Crippen LogP contribution in [0.1, 0.15) is 98.0 Å². The number of hydrogen-bond acceptors (Lipinski definition) is 0. The van der Waals surface area contributed by atoms with Gasteiger partial charge in [-0.05, 0) is 35.4 Å². The Bertz CT molecular complexity index is 2010. The van der Waals surface area contributed by atoms with E-state index in [-0.39, 0.29) is 10.8 Å². The molecule has 4 heteroatoms. The van der Waals surface area contributed by atoms with Crippen LogP contribution in [-0.4, -0.2) is 3.21 Å². The van der Waals surface area contributed by atoms with Gasteiger partial charge in [-0.25, -0.2) is 12.2 Å². The Morgan fingerprint density at radius 1 is 0.740 bits per heavy atom. The van der Waals surface area contributed by atoms with Crippen molar-refractivity contribution in [2.24, 2.45) is 0 Å². The van der Waals surface area contributed by atoms with Crippen LogP contribution in [-0.2, 0) is 47.7 Å². The van der Waals surface area contributed by atoms with E-state index in [0.29, 0.717) is 5.56 Å². The molecule has 0 atom stereocenters. The van der Waals surface area contributed by atoms with E-state index in [1.165, 1.54) is 56.6 Å². The van der Waals surface area contributed by atoms with Gasteiger partial charge in [-0.15, -0.1) is 23.1 Å². The second-order valence-electron chi connectivity index (χ2n) is 15.2. The Morgan fingerprint density at radius 3 is 2.02 bits per heavy atom.